The predicted molar refractivity (Wildman–Crippen MR) is 77.5 cm³/mol. The molecule has 0 spiro atoms. The number of aromatic nitrogens is 2. The molecule has 0 fully saturated rings. The van der Waals surface area contributed by atoms with Gasteiger partial charge in [0.25, 0.3) is 5.91 Å². The van der Waals surface area contributed by atoms with Gasteiger partial charge in [0.1, 0.15) is 5.69 Å². The first-order valence-corrected chi connectivity index (χ1v) is 6.84. The summed E-state index contributed by atoms with van der Waals surface area (Å²) in [5, 5.41) is 26.5. The third-order valence-corrected chi connectivity index (χ3v) is 3.20. The highest BCUT2D eigenvalue weighted by molar-refractivity contribution is 5.97. The summed E-state index contributed by atoms with van der Waals surface area (Å²) in [7, 11) is 1.43. The molecule has 1 heterocycles. The first-order chi connectivity index (χ1) is 10.1. The van der Waals surface area contributed by atoms with Gasteiger partial charge in [-0.2, -0.15) is 5.10 Å². The Hall–Kier alpha value is -2.45. The van der Waals surface area contributed by atoms with Crippen LogP contribution in [0.4, 0.5) is 5.69 Å². The Morgan fingerprint density at radius 1 is 1.45 bits per heavy atom. The smallest absolute Gasteiger partial charge is 0.322 e. The summed E-state index contributed by atoms with van der Waals surface area (Å²) in [5.74, 6) is -2.29. The molecule has 1 rings (SSSR count). The zero-order valence-electron chi connectivity index (χ0n) is 13.0. The van der Waals surface area contributed by atoms with E-state index in [2.05, 4.69) is 10.4 Å². The number of hydrogen-bond donors (Lipinski definition) is 2. The van der Waals surface area contributed by atoms with Crippen LogP contribution in [0.5, 0.6) is 0 Å². The SMILES string of the molecule is Cc1nn(C)c(C(=O)NCC(CC(C)C)C(=O)O)c1[N+](=O)[O-]. The van der Waals surface area contributed by atoms with E-state index in [1.54, 1.807) is 0 Å². The van der Waals surface area contributed by atoms with Crippen LogP contribution >= 0.6 is 0 Å². The van der Waals surface area contributed by atoms with Gasteiger partial charge in [-0.25, -0.2) is 0 Å². The first kappa shape index (κ1) is 17.6. The molecule has 122 valence electrons. The molecule has 1 amide bonds. The maximum Gasteiger partial charge on any atom is 0.322 e. The quantitative estimate of drug-likeness (QED) is 0.573. The van der Waals surface area contributed by atoms with Gasteiger partial charge < -0.3 is 10.4 Å². The number of hydrogen-bond acceptors (Lipinski definition) is 5. The number of carboxylic acids is 1. The van der Waals surface area contributed by atoms with E-state index in [1.165, 1.54) is 14.0 Å². The van der Waals surface area contributed by atoms with Crippen LogP contribution in [0, 0.1) is 28.9 Å². The topological polar surface area (TPSA) is 127 Å². The van der Waals surface area contributed by atoms with Gasteiger partial charge in [0.15, 0.2) is 0 Å². The molecule has 0 bridgehead atoms. The van der Waals surface area contributed by atoms with Crippen LogP contribution in [0.2, 0.25) is 0 Å². The first-order valence-electron chi connectivity index (χ1n) is 6.84. The maximum absolute atomic E-state index is 12.1. The number of nitrogens with one attached hydrogen (secondary N) is 1. The molecular formula is C13H20N4O5. The lowest BCUT2D eigenvalue weighted by atomic mass is 9.97. The van der Waals surface area contributed by atoms with Crippen LogP contribution in [-0.2, 0) is 11.8 Å². The lowest BCUT2D eigenvalue weighted by Gasteiger charge is -2.15. The molecule has 0 aliphatic heterocycles. The molecule has 22 heavy (non-hydrogen) atoms. The molecule has 0 saturated carbocycles. The number of aryl methyl sites for hydroxylation is 2. The van der Waals surface area contributed by atoms with Gasteiger partial charge in [0, 0.05) is 13.6 Å². The normalized spacial score (nSPS) is 12.2. The largest absolute Gasteiger partial charge is 0.481 e. The van der Waals surface area contributed by atoms with Gasteiger partial charge >= 0.3 is 11.7 Å². The third-order valence-electron chi connectivity index (χ3n) is 3.20. The Kier molecular flexibility index (Phi) is 5.61. The second-order valence-electron chi connectivity index (χ2n) is 5.54. The van der Waals surface area contributed by atoms with E-state index in [9.17, 15) is 19.7 Å². The van der Waals surface area contributed by atoms with Crippen molar-refractivity contribution in [3.8, 4) is 0 Å². The van der Waals surface area contributed by atoms with Crippen LogP contribution in [0.25, 0.3) is 0 Å². The Labute approximate surface area is 127 Å². The number of nitro groups is 1. The van der Waals surface area contributed by atoms with Crippen LogP contribution < -0.4 is 5.32 Å². The van der Waals surface area contributed by atoms with Gasteiger partial charge in [0.05, 0.1) is 10.8 Å². The molecule has 2 N–H and O–H groups in total. The number of nitrogens with zero attached hydrogens (tertiary/aromatic N) is 3. The van der Waals surface area contributed by atoms with Crippen LogP contribution in [0.3, 0.4) is 0 Å². The van der Waals surface area contributed by atoms with Gasteiger partial charge in [-0.1, -0.05) is 13.8 Å². The zero-order valence-corrected chi connectivity index (χ0v) is 13.0. The Morgan fingerprint density at radius 3 is 2.50 bits per heavy atom. The molecule has 1 unspecified atom stereocenters. The summed E-state index contributed by atoms with van der Waals surface area (Å²) in [5.41, 5.74) is -0.415. The highest BCUT2D eigenvalue weighted by atomic mass is 16.6. The lowest BCUT2D eigenvalue weighted by Crippen LogP contribution is -2.34. The van der Waals surface area contributed by atoms with Crippen molar-refractivity contribution in [2.75, 3.05) is 6.54 Å². The molecule has 0 aliphatic carbocycles. The molecular weight excluding hydrogens is 292 g/mol. The fourth-order valence-electron chi connectivity index (χ4n) is 2.26. The summed E-state index contributed by atoms with van der Waals surface area (Å²) in [4.78, 5) is 33.7. The van der Waals surface area contributed by atoms with Crippen LogP contribution in [-0.4, -0.2) is 38.2 Å². The zero-order chi connectivity index (χ0) is 17.0. The standard InChI is InChI=1S/C13H20N4O5/c1-7(2)5-9(13(19)20)6-14-12(18)11-10(17(21)22)8(3)15-16(11)4/h7,9H,5-6H2,1-4H3,(H,14,18)(H,19,20). The highest BCUT2D eigenvalue weighted by Gasteiger charge is 2.30. The third kappa shape index (κ3) is 4.03. The van der Waals surface area contributed by atoms with Gasteiger partial charge in [-0.3, -0.25) is 24.4 Å². The van der Waals surface area contributed by atoms with Crippen molar-refractivity contribution in [3.63, 3.8) is 0 Å². The van der Waals surface area contributed by atoms with E-state index < -0.39 is 22.7 Å². The Morgan fingerprint density at radius 2 is 2.05 bits per heavy atom. The Balaban J connectivity index is 2.90. The van der Waals surface area contributed by atoms with E-state index >= 15 is 0 Å². The summed E-state index contributed by atoms with van der Waals surface area (Å²) < 4.78 is 1.13. The van der Waals surface area contributed by atoms with E-state index in [-0.39, 0.29) is 29.5 Å². The minimum Gasteiger partial charge on any atom is -0.481 e. The van der Waals surface area contributed by atoms with Crippen molar-refractivity contribution in [1.82, 2.24) is 15.1 Å². The molecule has 1 aromatic heterocycles. The van der Waals surface area contributed by atoms with Crippen molar-refractivity contribution in [2.24, 2.45) is 18.9 Å². The summed E-state index contributed by atoms with van der Waals surface area (Å²) >= 11 is 0. The average molecular weight is 312 g/mol. The molecule has 1 aromatic rings. The number of amides is 1. The molecule has 0 saturated heterocycles. The summed E-state index contributed by atoms with van der Waals surface area (Å²) in [6.45, 7) is 5.11. The lowest BCUT2D eigenvalue weighted by molar-refractivity contribution is -0.385. The fourth-order valence-corrected chi connectivity index (χ4v) is 2.26. The molecule has 1 atom stereocenters. The van der Waals surface area contributed by atoms with Crippen LogP contribution in [0.1, 0.15) is 36.5 Å². The molecule has 0 aliphatic rings. The van der Waals surface area contributed by atoms with E-state index in [4.69, 9.17) is 5.11 Å². The minimum atomic E-state index is -1.01. The maximum atomic E-state index is 12.1. The number of carbonyl (C=O) groups is 2. The average Bonchev–Trinajstić information content (AvgIpc) is 2.68. The number of rotatable bonds is 7. The number of carboxylic acid groups (broad SMARTS) is 1. The van der Waals surface area contributed by atoms with Crippen molar-refractivity contribution in [2.45, 2.75) is 27.2 Å². The molecule has 9 nitrogen and oxygen atoms in total. The second-order valence-corrected chi connectivity index (χ2v) is 5.54. The molecule has 9 heteroatoms. The van der Waals surface area contributed by atoms with Gasteiger partial charge in [-0.05, 0) is 19.3 Å². The monoisotopic (exact) mass is 312 g/mol. The van der Waals surface area contributed by atoms with Crippen molar-refractivity contribution < 1.29 is 19.6 Å². The summed E-state index contributed by atoms with van der Waals surface area (Å²) in [6, 6.07) is 0. The van der Waals surface area contributed by atoms with Crippen molar-refractivity contribution >= 4 is 17.6 Å². The Bertz CT molecular complexity index is 593. The predicted octanol–water partition coefficient (Wildman–Crippen LogP) is 1.11. The van der Waals surface area contributed by atoms with Crippen LogP contribution in [0.15, 0.2) is 0 Å². The van der Waals surface area contributed by atoms with E-state index in [0.29, 0.717) is 6.42 Å². The van der Waals surface area contributed by atoms with Crippen molar-refractivity contribution in [3.05, 3.63) is 21.5 Å². The minimum absolute atomic E-state index is 0.0896. The number of carbonyl (C=O) groups excluding carboxylic acids is 1. The summed E-state index contributed by atoms with van der Waals surface area (Å²) in [6.07, 6.45) is 0.405. The molecule has 0 radical (unpaired) electrons. The second kappa shape index (κ2) is 7.01. The van der Waals surface area contributed by atoms with Gasteiger partial charge in [-0.15, -0.1) is 0 Å². The fraction of sp³-hybridized carbons (Fsp3) is 0.615. The molecule has 0 aromatic carbocycles. The number of aliphatic carboxylic acids is 1. The van der Waals surface area contributed by atoms with Crippen molar-refractivity contribution in [1.29, 1.82) is 0 Å². The van der Waals surface area contributed by atoms with E-state index in [1.807, 2.05) is 13.8 Å². The van der Waals surface area contributed by atoms with Gasteiger partial charge in [0.2, 0.25) is 5.69 Å². The highest BCUT2D eigenvalue weighted by Crippen LogP contribution is 2.22. The van der Waals surface area contributed by atoms with E-state index in [0.717, 1.165) is 4.68 Å².